The SMILES string of the molecule is CCOc1cc2c(cc1NC(=O)COc1ccc(C(F)(F)F)cc1)OC(C)C2. The summed E-state index contributed by atoms with van der Waals surface area (Å²) in [5.41, 5.74) is 0.684. The van der Waals surface area contributed by atoms with E-state index < -0.39 is 17.6 Å². The highest BCUT2D eigenvalue weighted by molar-refractivity contribution is 5.93. The zero-order chi connectivity index (χ0) is 20.3. The van der Waals surface area contributed by atoms with Gasteiger partial charge in [-0.1, -0.05) is 0 Å². The van der Waals surface area contributed by atoms with Crippen LogP contribution in [-0.2, 0) is 17.4 Å². The molecule has 0 fully saturated rings. The van der Waals surface area contributed by atoms with Gasteiger partial charge in [-0.2, -0.15) is 13.2 Å². The quantitative estimate of drug-likeness (QED) is 0.786. The van der Waals surface area contributed by atoms with Gasteiger partial charge in [0, 0.05) is 18.1 Å². The second kappa shape index (κ2) is 8.00. The van der Waals surface area contributed by atoms with Crippen LogP contribution >= 0.6 is 0 Å². The number of hydrogen-bond donors (Lipinski definition) is 1. The Hall–Kier alpha value is -2.90. The fourth-order valence-corrected chi connectivity index (χ4v) is 2.89. The van der Waals surface area contributed by atoms with E-state index in [2.05, 4.69) is 5.32 Å². The standard InChI is InChI=1S/C20H20F3NO4/c1-3-26-18-9-13-8-12(2)28-17(13)10-16(18)24-19(25)11-27-15-6-4-14(5-7-15)20(21,22)23/h4-7,9-10,12H,3,8,11H2,1-2H3,(H,24,25). The molecule has 1 atom stereocenters. The first-order valence-electron chi connectivity index (χ1n) is 8.82. The molecule has 1 amide bonds. The fourth-order valence-electron chi connectivity index (χ4n) is 2.89. The molecule has 0 radical (unpaired) electrons. The summed E-state index contributed by atoms with van der Waals surface area (Å²) in [6.45, 7) is 3.87. The van der Waals surface area contributed by atoms with Crippen LogP contribution in [0.15, 0.2) is 36.4 Å². The van der Waals surface area contributed by atoms with Gasteiger partial charge in [-0.05, 0) is 44.2 Å². The number of hydrogen-bond acceptors (Lipinski definition) is 4. The van der Waals surface area contributed by atoms with Crippen LogP contribution in [0.4, 0.5) is 18.9 Å². The summed E-state index contributed by atoms with van der Waals surface area (Å²) in [6.07, 6.45) is -3.60. The third kappa shape index (κ3) is 4.68. The van der Waals surface area contributed by atoms with Gasteiger partial charge in [0.15, 0.2) is 6.61 Å². The fraction of sp³-hybridized carbons (Fsp3) is 0.350. The second-order valence-electron chi connectivity index (χ2n) is 6.38. The first-order valence-corrected chi connectivity index (χ1v) is 8.82. The van der Waals surface area contributed by atoms with Crippen molar-refractivity contribution in [2.75, 3.05) is 18.5 Å². The second-order valence-corrected chi connectivity index (χ2v) is 6.38. The van der Waals surface area contributed by atoms with Gasteiger partial charge in [0.05, 0.1) is 17.9 Å². The van der Waals surface area contributed by atoms with Gasteiger partial charge in [-0.15, -0.1) is 0 Å². The maximum atomic E-state index is 12.6. The number of amides is 1. The van der Waals surface area contributed by atoms with E-state index in [0.717, 1.165) is 24.1 Å². The van der Waals surface area contributed by atoms with Crippen LogP contribution < -0.4 is 19.5 Å². The number of halogens is 3. The highest BCUT2D eigenvalue weighted by atomic mass is 19.4. The van der Waals surface area contributed by atoms with E-state index in [4.69, 9.17) is 14.2 Å². The molecular formula is C20H20F3NO4. The Bertz CT molecular complexity index is 850. The monoisotopic (exact) mass is 395 g/mol. The minimum atomic E-state index is -4.42. The van der Waals surface area contributed by atoms with Gasteiger partial charge in [-0.25, -0.2) is 0 Å². The molecule has 2 aromatic rings. The average molecular weight is 395 g/mol. The molecule has 0 spiro atoms. The van der Waals surface area contributed by atoms with Gasteiger partial charge in [-0.3, -0.25) is 4.79 Å². The predicted octanol–water partition coefficient (Wildman–Crippen LogP) is 4.45. The highest BCUT2D eigenvalue weighted by Crippen LogP contribution is 2.38. The van der Waals surface area contributed by atoms with Gasteiger partial charge in [0.1, 0.15) is 23.4 Å². The van der Waals surface area contributed by atoms with Crippen LogP contribution in [0.2, 0.25) is 0 Å². The van der Waals surface area contributed by atoms with Crippen LogP contribution in [0.3, 0.4) is 0 Å². The van der Waals surface area contributed by atoms with E-state index >= 15 is 0 Å². The lowest BCUT2D eigenvalue weighted by atomic mass is 10.1. The minimum absolute atomic E-state index is 0.0541. The lowest BCUT2D eigenvalue weighted by Crippen LogP contribution is -2.20. The van der Waals surface area contributed by atoms with Crippen molar-refractivity contribution < 1.29 is 32.2 Å². The number of alkyl halides is 3. The summed E-state index contributed by atoms with van der Waals surface area (Å²) < 4.78 is 54.3. The predicted molar refractivity (Wildman–Crippen MR) is 97.0 cm³/mol. The molecule has 8 heteroatoms. The number of ether oxygens (including phenoxy) is 3. The first kappa shape index (κ1) is 19.9. The van der Waals surface area contributed by atoms with Crippen molar-refractivity contribution in [1.29, 1.82) is 0 Å². The summed E-state index contributed by atoms with van der Waals surface area (Å²) in [5, 5.41) is 2.70. The van der Waals surface area contributed by atoms with E-state index in [9.17, 15) is 18.0 Å². The molecule has 0 bridgehead atoms. The number of nitrogens with one attached hydrogen (secondary N) is 1. The number of benzene rings is 2. The summed E-state index contributed by atoms with van der Waals surface area (Å²) in [7, 11) is 0. The highest BCUT2D eigenvalue weighted by Gasteiger charge is 2.30. The first-order chi connectivity index (χ1) is 13.3. The number of anilines is 1. The zero-order valence-corrected chi connectivity index (χ0v) is 15.4. The number of carbonyl (C=O) groups excluding carboxylic acids is 1. The molecule has 3 rings (SSSR count). The molecule has 28 heavy (non-hydrogen) atoms. The Balaban J connectivity index is 1.64. The molecule has 1 N–H and O–H groups in total. The van der Waals surface area contributed by atoms with Crippen molar-refractivity contribution in [1.82, 2.24) is 0 Å². The van der Waals surface area contributed by atoms with E-state index in [1.54, 1.807) is 6.07 Å². The Morgan fingerprint density at radius 1 is 1.21 bits per heavy atom. The molecule has 0 aromatic heterocycles. The maximum absolute atomic E-state index is 12.6. The largest absolute Gasteiger partial charge is 0.492 e. The van der Waals surface area contributed by atoms with E-state index in [1.165, 1.54) is 12.1 Å². The van der Waals surface area contributed by atoms with Gasteiger partial charge >= 0.3 is 6.18 Å². The molecular weight excluding hydrogens is 375 g/mol. The summed E-state index contributed by atoms with van der Waals surface area (Å²) in [4.78, 5) is 12.2. The lowest BCUT2D eigenvalue weighted by Gasteiger charge is -2.14. The summed E-state index contributed by atoms with van der Waals surface area (Å²) >= 11 is 0. The Labute approximate surface area is 160 Å². The molecule has 0 saturated carbocycles. The topological polar surface area (TPSA) is 56.8 Å². The van der Waals surface area contributed by atoms with Gasteiger partial charge < -0.3 is 19.5 Å². The maximum Gasteiger partial charge on any atom is 0.416 e. The minimum Gasteiger partial charge on any atom is -0.492 e. The number of carbonyl (C=O) groups is 1. The zero-order valence-electron chi connectivity index (χ0n) is 15.4. The molecule has 150 valence electrons. The van der Waals surface area contributed by atoms with Crippen molar-refractivity contribution >= 4 is 11.6 Å². The Morgan fingerprint density at radius 2 is 1.93 bits per heavy atom. The molecule has 2 aromatic carbocycles. The smallest absolute Gasteiger partial charge is 0.416 e. The van der Waals surface area contributed by atoms with Crippen molar-refractivity contribution in [3.63, 3.8) is 0 Å². The van der Waals surface area contributed by atoms with Gasteiger partial charge in [0.25, 0.3) is 5.91 Å². The molecule has 5 nitrogen and oxygen atoms in total. The van der Waals surface area contributed by atoms with Crippen LogP contribution in [0.5, 0.6) is 17.2 Å². The Morgan fingerprint density at radius 3 is 2.57 bits per heavy atom. The normalized spacial score (nSPS) is 15.5. The average Bonchev–Trinajstić information content (AvgIpc) is 2.99. The summed E-state index contributed by atoms with van der Waals surface area (Å²) in [6, 6.07) is 7.70. The van der Waals surface area contributed by atoms with Crippen LogP contribution in [0.25, 0.3) is 0 Å². The molecule has 1 unspecified atom stereocenters. The van der Waals surface area contributed by atoms with E-state index in [1.807, 2.05) is 19.9 Å². The van der Waals surface area contributed by atoms with E-state index in [-0.39, 0.29) is 18.5 Å². The van der Waals surface area contributed by atoms with Crippen molar-refractivity contribution in [3.8, 4) is 17.2 Å². The third-order valence-corrected chi connectivity index (χ3v) is 4.12. The van der Waals surface area contributed by atoms with Crippen LogP contribution in [-0.4, -0.2) is 25.2 Å². The van der Waals surface area contributed by atoms with Crippen molar-refractivity contribution in [2.45, 2.75) is 32.5 Å². The third-order valence-electron chi connectivity index (χ3n) is 4.12. The molecule has 0 aliphatic carbocycles. The number of fused-ring (bicyclic) bond motifs is 1. The summed E-state index contributed by atoms with van der Waals surface area (Å²) in [5.74, 6) is 0.919. The molecule has 1 aliphatic heterocycles. The van der Waals surface area contributed by atoms with E-state index in [0.29, 0.717) is 23.8 Å². The van der Waals surface area contributed by atoms with Crippen LogP contribution in [0.1, 0.15) is 25.0 Å². The van der Waals surface area contributed by atoms with Crippen LogP contribution in [0, 0.1) is 0 Å². The van der Waals surface area contributed by atoms with Crippen molar-refractivity contribution in [3.05, 3.63) is 47.5 Å². The number of rotatable bonds is 6. The lowest BCUT2D eigenvalue weighted by molar-refractivity contribution is -0.137. The molecule has 1 aliphatic rings. The van der Waals surface area contributed by atoms with Crippen molar-refractivity contribution in [2.24, 2.45) is 0 Å². The molecule has 1 heterocycles. The Kier molecular flexibility index (Phi) is 5.67. The van der Waals surface area contributed by atoms with Gasteiger partial charge in [0.2, 0.25) is 0 Å². The molecule has 0 saturated heterocycles.